The Morgan fingerprint density at radius 3 is 2.50 bits per heavy atom. The second-order valence-electron chi connectivity index (χ2n) is 3.50. The number of aldehydes is 1. The number of aromatic nitrogens is 2. The summed E-state index contributed by atoms with van der Waals surface area (Å²) in [4.78, 5) is 26.1. The van der Waals surface area contributed by atoms with Gasteiger partial charge in [-0.15, -0.1) is 0 Å². The third kappa shape index (κ3) is 6.89. The molecule has 1 aromatic heterocycles. The van der Waals surface area contributed by atoms with Crippen molar-refractivity contribution in [2.45, 2.75) is 32.0 Å². The van der Waals surface area contributed by atoms with Crippen molar-refractivity contribution >= 4 is 6.29 Å². The second-order valence-corrected chi connectivity index (χ2v) is 3.50. The van der Waals surface area contributed by atoms with Crippen molar-refractivity contribution in [3.05, 3.63) is 28.4 Å². The summed E-state index contributed by atoms with van der Waals surface area (Å²) in [6.45, 7) is 1.49. The molecule has 0 aliphatic carbocycles. The van der Waals surface area contributed by atoms with Gasteiger partial charge in [0.05, 0.1) is 12.7 Å². The number of carbonyl (C=O) groups is 1. The highest BCUT2D eigenvalue weighted by atomic mass is 16.4. The predicted molar refractivity (Wildman–Crippen MR) is 64.0 cm³/mol. The molecule has 0 aliphatic rings. The van der Waals surface area contributed by atoms with Crippen LogP contribution in [0.1, 0.15) is 18.9 Å². The van der Waals surface area contributed by atoms with E-state index in [-0.39, 0.29) is 12.1 Å². The van der Waals surface area contributed by atoms with E-state index in [2.05, 4.69) is 9.97 Å². The van der Waals surface area contributed by atoms with E-state index in [0.717, 1.165) is 12.0 Å². The van der Waals surface area contributed by atoms with Crippen LogP contribution < -0.4 is 5.69 Å². The zero-order chi connectivity index (χ0) is 14.0. The summed E-state index contributed by atoms with van der Waals surface area (Å²) in [5.74, 6) is 0. The Kier molecular flexibility index (Phi) is 8.63. The van der Waals surface area contributed by atoms with Gasteiger partial charge in [-0.1, -0.05) is 6.92 Å². The van der Waals surface area contributed by atoms with Gasteiger partial charge in [0.1, 0.15) is 12.4 Å². The van der Waals surface area contributed by atoms with Crippen molar-refractivity contribution in [2.75, 3.05) is 6.61 Å². The van der Waals surface area contributed by atoms with Crippen molar-refractivity contribution < 1.29 is 20.1 Å². The molecule has 102 valence electrons. The average Bonchev–Trinajstić information content (AvgIpc) is 2.39. The number of rotatable bonds is 5. The van der Waals surface area contributed by atoms with Gasteiger partial charge < -0.3 is 25.1 Å². The lowest BCUT2D eigenvalue weighted by atomic mass is 10.2. The Hall–Kier alpha value is -1.57. The van der Waals surface area contributed by atoms with Gasteiger partial charge in [0.25, 0.3) is 0 Å². The third-order valence-electron chi connectivity index (χ3n) is 2.11. The molecule has 0 radical (unpaired) electrons. The van der Waals surface area contributed by atoms with Gasteiger partial charge in [-0.3, -0.25) is 0 Å². The Labute approximate surface area is 104 Å². The number of hydrogen-bond acceptors (Lipinski definition) is 6. The summed E-state index contributed by atoms with van der Waals surface area (Å²) in [6.07, 6.45) is 2.19. The van der Waals surface area contributed by atoms with Crippen LogP contribution >= 0.6 is 0 Å². The molecule has 0 saturated heterocycles. The topological polar surface area (TPSA) is 124 Å². The molecule has 0 unspecified atom stereocenters. The van der Waals surface area contributed by atoms with E-state index in [0.29, 0.717) is 6.29 Å². The smallest absolute Gasteiger partial charge is 0.344 e. The van der Waals surface area contributed by atoms with Crippen molar-refractivity contribution in [1.82, 2.24) is 9.97 Å². The van der Waals surface area contributed by atoms with Gasteiger partial charge in [0, 0.05) is 18.8 Å². The molecule has 4 N–H and O–H groups in total. The number of nitrogens with zero attached hydrogens (tertiary/aromatic N) is 1. The molecule has 1 aromatic rings. The minimum absolute atomic E-state index is 0.137. The normalized spacial score (nSPS) is 13.1. The van der Waals surface area contributed by atoms with Crippen molar-refractivity contribution in [2.24, 2.45) is 0 Å². The summed E-state index contributed by atoms with van der Waals surface area (Å²) >= 11 is 0. The summed E-state index contributed by atoms with van der Waals surface area (Å²) in [6, 6.07) is 0. The highest BCUT2D eigenvalue weighted by molar-refractivity contribution is 5.50. The van der Waals surface area contributed by atoms with Crippen LogP contribution in [0.4, 0.5) is 0 Å². The first-order valence-electron chi connectivity index (χ1n) is 5.49. The first-order valence-corrected chi connectivity index (χ1v) is 5.49. The van der Waals surface area contributed by atoms with E-state index < -0.39 is 18.8 Å². The molecule has 0 aromatic carbocycles. The first kappa shape index (κ1) is 16.4. The minimum atomic E-state index is -1.20. The number of aliphatic hydroxyl groups is 3. The Morgan fingerprint density at radius 2 is 2.11 bits per heavy atom. The highest BCUT2D eigenvalue weighted by Crippen LogP contribution is 1.94. The maximum absolute atomic E-state index is 10.4. The van der Waals surface area contributed by atoms with Crippen LogP contribution in [0.25, 0.3) is 0 Å². The van der Waals surface area contributed by atoms with Gasteiger partial charge in [0.15, 0.2) is 0 Å². The van der Waals surface area contributed by atoms with Crippen molar-refractivity contribution in [3.8, 4) is 0 Å². The molecule has 1 heterocycles. The van der Waals surface area contributed by atoms with E-state index >= 15 is 0 Å². The molecule has 0 amide bonds. The van der Waals surface area contributed by atoms with E-state index in [9.17, 15) is 9.59 Å². The summed E-state index contributed by atoms with van der Waals surface area (Å²) in [7, 11) is 0. The van der Waals surface area contributed by atoms with Crippen LogP contribution in [0.15, 0.2) is 17.2 Å². The van der Waals surface area contributed by atoms with E-state index in [1.165, 1.54) is 0 Å². The molecule has 0 spiro atoms. The standard InChI is InChI=1S/C6H8N2O.C5H10O4/c1-2-5-3-7-6(9)8-4-5;6-2-1-4(8)5(9)3-7/h3-4H,2H2,1H3,(H,7,8,9);2,4-5,7-9H,1,3H2/t;4-,5+/m.0/s1. The molecule has 0 saturated carbocycles. The van der Waals surface area contributed by atoms with Gasteiger partial charge in [-0.25, -0.2) is 9.78 Å². The van der Waals surface area contributed by atoms with Crippen molar-refractivity contribution in [1.29, 1.82) is 0 Å². The number of aryl methyl sites for hydroxylation is 1. The lowest BCUT2D eigenvalue weighted by Gasteiger charge is -2.11. The van der Waals surface area contributed by atoms with Gasteiger partial charge >= 0.3 is 5.69 Å². The molecule has 1 rings (SSSR count). The fourth-order valence-corrected chi connectivity index (χ4v) is 0.941. The quantitative estimate of drug-likeness (QED) is 0.483. The molecular formula is C11H18N2O5. The Balaban J connectivity index is 0.000000321. The van der Waals surface area contributed by atoms with E-state index in [1.807, 2.05) is 6.92 Å². The summed E-state index contributed by atoms with van der Waals surface area (Å²) in [5, 5.41) is 25.5. The number of hydrogen-bond donors (Lipinski definition) is 4. The number of nitrogens with one attached hydrogen (secondary N) is 1. The predicted octanol–water partition coefficient (Wildman–Crippen LogP) is -1.38. The van der Waals surface area contributed by atoms with Crippen LogP contribution in [0.3, 0.4) is 0 Å². The molecule has 0 fully saturated rings. The first-order chi connectivity index (χ1) is 8.54. The van der Waals surface area contributed by atoms with Gasteiger partial charge in [-0.2, -0.15) is 0 Å². The van der Waals surface area contributed by atoms with Crippen LogP contribution in [0, 0.1) is 0 Å². The summed E-state index contributed by atoms with van der Waals surface area (Å²) < 4.78 is 0. The number of H-pyrrole nitrogens is 1. The zero-order valence-corrected chi connectivity index (χ0v) is 10.1. The molecular weight excluding hydrogens is 240 g/mol. The monoisotopic (exact) mass is 258 g/mol. The second kappa shape index (κ2) is 9.46. The van der Waals surface area contributed by atoms with Crippen LogP contribution in [0.2, 0.25) is 0 Å². The fraction of sp³-hybridized carbons (Fsp3) is 0.545. The molecule has 18 heavy (non-hydrogen) atoms. The van der Waals surface area contributed by atoms with E-state index in [4.69, 9.17) is 15.3 Å². The molecule has 2 atom stereocenters. The Bertz CT molecular complexity index is 373. The van der Waals surface area contributed by atoms with Crippen LogP contribution in [-0.2, 0) is 11.2 Å². The lowest BCUT2D eigenvalue weighted by molar-refractivity contribution is -0.111. The SMILES string of the molecule is CCc1cnc(=O)[nH]c1.O=CC[C@H](O)[C@H](O)CO. The zero-order valence-electron chi connectivity index (χ0n) is 10.1. The minimum Gasteiger partial charge on any atom is -0.394 e. The van der Waals surface area contributed by atoms with Crippen molar-refractivity contribution in [3.63, 3.8) is 0 Å². The number of aromatic amines is 1. The van der Waals surface area contributed by atoms with E-state index in [1.54, 1.807) is 12.4 Å². The lowest BCUT2D eigenvalue weighted by Crippen LogP contribution is -2.29. The van der Waals surface area contributed by atoms with Gasteiger partial charge in [0.2, 0.25) is 0 Å². The maximum Gasteiger partial charge on any atom is 0.344 e. The Morgan fingerprint density at radius 1 is 1.44 bits per heavy atom. The number of aliphatic hydroxyl groups excluding tert-OH is 3. The fourth-order valence-electron chi connectivity index (χ4n) is 0.941. The summed E-state index contributed by atoms with van der Waals surface area (Å²) in [5.41, 5.74) is 0.766. The number of carbonyl (C=O) groups excluding carboxylic acids is 1. The highest BCUT2D eigenvalue weighted by Gasteiger charge is 2.13. The molecule has 7 nitrogen and oxygen atoms in total. The van der Waals surface area contributed by atoms with Crippen LogP contribution in [-0.4, -0.2) is 50.4 Å². The molecule has 0 bridgehead atoms. The van der Waals surface area contributed by atoms with Gasteiger partial charge in [-0.05, 0) is 12.0 Å². The molecule has 7 heteroatoms. The molecule has 0 aliphatic heterocycles. The largest absolute Gasteiger partial charge is 0.394 e. The third-order valence-corrected chi connectivity index (χ3v) is 2.11. The maximum atomic E-state index is 10.4. The van der Waals surface area contributed by atoms with Crippen LogP contribution in [0.5, 0.6) is 0 Å². The average molecular weight is 258 g/mol.